The molecule has 152 valence electrons. The summed E-state index contributed by atoms with van der Waals surface area (Å²) in [6.07, 6.45) is 21.0. The van der Waals surface area contributed by atoms with Gasteiger partial charge in [-0.05, 0) is 12.8 Å². The molecule has 0 saturated heterocycles. The van der Waals surface area contributed by atoms with Gasteiger partial charge in [-0.15, -0.1) is 0 Å². The maximum absolute atomic E-state index is 9.70. The first-order valence-electron chi connectivity index (χ1n) is 11.2. The predicted octanol–water partition coefficient (Wildman–Crippen LogP) is 5.74. The van der Waals surface area contributed by atoms with Gasteiger partial charge in [0.25, 0.3) is 0 Å². The van der Waals surface area contributed by atoms with Crippen molar-refractivity contribution in [3.05, 3.63) is 0 Å². The molecule has 0 radical (unpaired) electrons. The van der Waals surface area contributed by atoms with E-state index >= 15 is 0 Å². The highest BCUT2D eigenvalue weighted by Gasteiger charge is 2.14. The van der Waals surface area contributed by atoms with Gasteiger partial charge in [0.2, 0.25) is 0 Å². The molecule has 3 N–H and O–H groups in total. The van der Waals surface area contributed by atoms with Crippen LogP contribution in [0, 0.1) is 0 Å². The minimum Gasteiger partial charge on any atom is -0.396 e. The number of aliphatic hydroxyl groups is 3. The van der Waals surface area contributed by atoms with Crippen LogP contribution in [0.15, 0.2) is 0 Å². The molecule has 25 heavy (non-hydrogen) atoms. The maximum atomic E-state index is 9.70. The lowest BCUT2D eigenvalue weighted by molar-refractivity contribution is -0.000105. The van der Waals surface area contributed by atoms with Gasteiger partial charge in [-0.1, -0.05) is 110 Å². The predicted molar refractivity (Wildman–Crippen MR) is 108 cm³/mol. The second-order valence-electron chi connectivity index (χ2n) is 7.74. The van der Waals surface area contributed by atoms with Gasteiger partial charge in [0.05, 0.1) is 12.2 Å². The third kappa shape index (κ3) is 18.5. The van der Waals surface area contributed by atoms with E-state index in [0.717, 1.165) is 12.8 Å². The van der Waals surface area contributed by atoms with Crippen LogP contribution < -0.4 is 0 Å². The summed E-state index contributed by atoms with van der Waals surface area (Å²) >= 11 is 0. The largest absolute Gasteiger partial charge is 0.396 e. The molecular weight excluding hydrogens is 312 g/mol. The van der Waals surface area contributed by atoms with Crippen LogP contribution in [0.3, 0.4) is 0 Å². The van der Waals surface area contributed by atoms with Crippen LogP contribution >= 0.6 is 0 Å². The Labute approximate surface area is 157 Å². The van der Waals surface area contributed by atoms with Crippen LogP contribution in [0.1, 0.15) is 122 Å². The molecule has 0 heterocycles. The molecule has 0 rings (SSSR count). The van der Waals surface area contributed by atoms with Crippen LogP contribution in [0.2, 0.25) is 0 Å². The van der Waals surface area contributed by atoms with Crippen molar-refractivity contribution in [3.8, 4) is 0 Å². The average molecular weight is 359 g/mol. The molecule has 0 aromatic carbocycles. The molecular formula is C22H46O3. The Bertz CT molecular complexity index is 245. The minimum atomic E-state index is -0.763. The van der Waals surface area contributed by atoms with E-state index in [1.165, 1.54) is 89.9 Å². The number of hydrogen-bond donors (Lipinski definition) is 3. The van der Waals surface area contributed by atoms with Crippen molar-refractivity contribution in [2.75, 3.05) is 6.61 Å². The lowest BCUT2D eigenvalue weighted by Gasteiger charge is -2.16. The number of aliphatic hydroxyl groups excluding tert-OH is 3. The van der Waals surface area contributed by atoms with Gasteiger partial charge in [-0.25, -0.2) is 0 Å². The fourth-order valence-corrected chi connectivity index (χ4v) is 3.42. The molecule has 0 aromatic rings. The molecule has 0 amide bonds. The van der Waals surface area contributed by atoms with Gasteiger partial charge in [-0.2, -0.15) is 0 Å². The molecule has 3 heteroatoms. The highest BCUT2D eigenvalue weighted by Crippen LogP contribution is 2.15. The zero-order valence-electron chi connectivity index (χ0n) is 16.9. The smallest absolute Gasteiger partial charge is 0.0820 e. The molecule has 0 aromatic heterocycles. The molecule has 2 unspecified atom stereocenters. The first-order valence-corrected chi connectivity index (χ1v) is 11.2. The summed E-state index contributed by atoms with van der Waals surface area (Å²) in [5.41, 5.74) is 0. The SMILES string of the molecule is CCCCCCCCCCCCCCCCCCC(O)C(O)CCO. The Morgan fingerprint density at radius 3 is 1.16 bits per heavy atom. The van der Waals surface area contributed by atoms with E-state index in [1.54, 1.807) is 0 Å². The molecule has 3 nitrogen and oxygen atoms in total. The Balaban J connectivity index is 3.12. The van der Waals surface area contributed by atoms with E-state index in [0.29, 0.717) is 6.42 Å². The van der Waals surface area contributed by atoms with Crippen molar-refractivity contribution in [2.45, 2.75) is 135 Å². The summed E-state index contributed by atoms with van der Waals surface area (Å²) in [6.45, 7) is 2.22. The van der Waals surface area contributed by atoms with Crippen molar-refractivity contribution < 1.29 is 15.3 Å². The van der Waals surface area contributed by atoms with E-state index in [9.17, 15) is 10.2 Å². The molecule has 0 fully saturated rings. The molecule has 2 atom stereocenters. The molecule has 0 aliphatic rings. The van der Waals surface area contributed by atoms with E-state index in [-0.39, 0.29) is 13.0 Å². The molecule has 0 aliphatic carbocycles. The Hall–Kier alpha value is -0.120. The molecule has 0 bridgehead atoms. The summed E-state index contributed by atoms with van der Waals surface area (Å²) in [5, 5.41) is 28.0. The van der Waals surface area contributed by atoms with Gasteiger partial charge in [-0.3, -0.25) is 0 Å². The molecule has 0 aliphatic heterocycles. The average Bonchev–Trinajstić information content (AvgIpc) is 2.61. The van der Waals surface area contributed by atoms with E-state index in [1.807, 2.05) is 0 Å². The Morgan fingerprint density at radius 1 is 0.480 bits per heavy atom. The van der Waals surface area contributed by atoms with Gasteiger partial charge in [0.1, 0.15) is 0 Å². The third-order valence-electron chi connectivity index (χ3n) is 5.22. The highest BCUT2D eigenvalue weighted by molar-refractivity contribution is 4.66. The van der Waals surface area contributed by atoms with Crippen molar-refractivity contribution >= 4 is 0 Å². The quantitative estimate of drug-likeness (QED) is 0.243. The van der Waals surface area contributed by atoms with Crippen LogP contribution in [-0.4, -0.2) is 34.1 Å². The summed E-state index contributed by atoms with van der Waals surface area (Å²) in [5.74, 6) is 0. The highest BCUT2D eigenvalue weighted by atomic mass is 16.3. The fourth-order valence-electron chi connectivity index (χ4n) is 3.42. The Kier molecular flexibility index (Phi) is 20.1. The van der Waals surface area contributed by atoms with Crippen LogP contribution in [0.5, 0.6) is 0 Å². The van der Waals surface area contributed by atoms with Crippen molar-refractivity contribution in [1.82, 2.24) is 0 Å². The second-order valence-corrected chi connectivity index (χ2v) is 7.74. The number of hydrogen-bond acceptors (Lipinski definition) is 3. The first kappa shape index (κ1) is 24.9. The zero-order valence-corrected chi connectivity index (χ0v) is 16.9. The third-order valence-corrected chi connectivity index (χ3v) is 5.22. The summed E-state index contributed by atoms with van der Waals surface area (Å²) in [6, 6.07) is 0. The van der Waals surface area contributed by atoms with E-state index in [2.05, 4.69) is 6.92 Å². The number of unbranched alkanes of at least 4 members (excludes halogenated alkanes) is 15. The molecule has 0 spiro atoms. The van der Waals surface area contributed by atoms with Gasteiger partial charge in [0, 0.05) is 6.61 Å². The van der Waals surface area contributed by atoms with Crippen LogP contribution in [-0.2, 0) is 0 Å². The van der Waals surface area contributed by atoms with E-state index in [4.69, 9.17) is 5.11 Å². The lowest BCUT2D eigenvalue weighted by Crippen LogP contribution is -2.26. The zero-order chi connectivity index (χ0) is 18.6. The monoisotopic (exact) mass is 358 g/mol. The second kappa shape index (κ2) is 20.2. The van der Waals surface area contributed by atoms with Crippen LogP contribution in [0.25, 0.3) is 0 Å². The standard InChI is InChI=1S/C22H46O3/c1-2-3-4-5-6-7-8-9-10-11-12-13-14-15-16-17-18-21(24)22(25)19-20-23/h21-25H,2-20H2,1H3. The normalized spacial score (nSPS) is 13.9. The first-order chi connectivity index (χ1) is 12.2. The number of rotatable bonds is 20. The van der Waals surface area contributed by atoms with Gasteiger partial charge in [0.15, 0.2) is 0 Å². The summed E-state index contributed by atoms with van der Waals surface area (Å²) in [7, 11) is 0. The van der Waals surface area contributed by atoms with Gasteiger partial charge < -0.3 is 15.3 Å². The minimum absolute atomic E-state index is 0.0583. The van der Waals surface area contributed by atoms with Crippen LogP contribution in [0.4, 0.5) is 0 Å². The Morgan fingerprint density at radius 2 is 0.800 bits per heavy atom. The van der Waals surface area contributed by atoms with Crippen molar-refractivity contribution in [1.29, 1.82) is 0 Å². The fraction of sp³-hybridized carbons (Fsp3) is 1.00. The topological polar surface area (TPSA) is 60.7 Å². The summed E-state index contributed by atoms with van der Waals surface area (Å²) in [4.78, 5) is 0. The summed E-state index contributed by atoms with van der Waals surface area (Å²) < 4.78 is 0. The van der Waals surface area contributed by atoms with E-state index < -0.39 is 12.2 Å². The lowest BCUT2D eigenvalue weighted by atomic mass is 10.0. The maximum Gasteiger partial charge on any atom is 0.0820 e. The van der Waals surface area contributed by atoms with Crippen molar-refractivity contribution in [3.63, 3.8) is 0 Å². The van der Waals surface area contributed by atoms with Crippen molar-refractivity contribution in [2.24, 2.45) is 0 Å². The van der Waals surface area contributed by atoms with Gasteiger partial charge >= 0.3 is 0 Å². The molecule has 0 saturated carbocycles.